The molecule has 4 heteroatoms. The van der Waals surface area contributed by atoms with Crippen molar-refractivity contribution in [1.82, 2.24) is 10.6 Å². The first-order valence-electron chi connectivity index (χ1n) is 6.46. The maximum atomic E-state index is 11.4. The van der Waals surface area contributed by atoms with Crippen LogP contribution in [0.4, 0.5) is 0 Å². The lowest BCUT2D eigenvalue weighted by molar-refractivity contribution is -0.00531. The van der Waals surface area contributed by atoms with Gasteiger partial charge in [-0.05, 0) is 45.4 Å². The molecule has 0 fully saturated rings. The lowest BCUT2D eigenvalue weighted by atomic mass is 9.86. The molecule has 0 saturated carbocycles. The number of hydrogen-bond acceptors (Lipinski definition) is 3. The standard InChI is InChI=1S/C15H24N2O2/c1-14(2,15(3,4)19)17-10-11-6-8-12(9-7-11)13(18)16-5/h6-9,17,19H,10H2,1-5H3,(H,16,18). The second kappa shape index (κ2) is 5.72. The minimum atomic E-state index is -0.810. The molecule has 106 valence electrons. The van der Waals surface area contributed by atoms with E-state index in [0.717, 1.165) is 5.56 Å². The Kier molecular flexibility index (Phi) is 4.71. The van der Waals surface area contributed by atoms with Gasteiger partial charge in [-0.25, -0.2) is 0 Å². The SMILES string of the molecule is CNC(=O)c1ccc(CNC(C)(C)C(C)(C)O)cc1. The lowest BCUT2D eigenvalue weighted by Gasteiger charge is -2.38. The predicted molar refractivity (Wildman–Crippen MR) is 77.0 cm³/mol. The molecule has 0 saturated heterocycles. The van der Waals surface area contributed by atoms with Gasteiger partial charge in [-0.3, -0.25) is 4.79 Å². The van der Waals surface area contributed by atoms with Crippen LogP contribution in [-0.4, -0.2) is 29.2 Å². The van der Waals surface area contributed by atoms with E-state index in [4.69, 9.17) is 0 Å². The minimum Gasteiger partial charge on any atom is -0.389 e. The van der Waals surface area contributed by atoms with Gasteiger partial charge in [-0.2, -0.15) is 0 Å². The van der Waals surface area contributed by atoms with Crippen molar-refractivity contribution in [3.05, 3.63) is 35.4 Å². The Hall–Kier alpha value is -1.39. The Bertz CT molecular complexity index is 430. The molecule has 0 bridgehead atoms. The maximum absolute atomic E-state index is 11.4. The largest absolute Gasteiger partial charge is 0.389 e. The van der Waals surface area contributed by atoms with E-state index >= 15 is 0 Å². The van der Waals surface area contributed by atoms with E-state index in [-0.39, 0.29) is 5.91 Å². The fourth-order valence-electron chi connectivity index (χ4n) is 1.46. The van der Waals surface area contributed by atoms with Crippen molar-refractivity contribution < 1.29 is 9.90 Å². The average Bonchev–Trinajstić information content (AvgIpc) is 2.35. The summed E-state index contributed by atoms with van der Waals surface area (Å²) in [5.41, 5.74) is 0.514. The molecule has 0 spiro atoms. The van der Waals surface area contributed by atoms with Gasteiger partial charge in [-0.1, -0.05) is 12.1 Å². The van der Waals surface area contributed by atoms with Gasteiger partial charge in [0.25, 0.3) is 5.91 Å². The summed E-state index contributed by atoms with van der Waals surface area (Å²) in [6.07, 6.45) is 0. The molecule has 19 heavy (non-hydrogen) atoms. The molecule has 0 unspecified atom stereocenters. The van der Waals surface area contributed by atoms with E-state index in [1.165, 1.54) is 0 Å². The fraction of sp³-hybridized carbons (Fsp3) is 0.533. The van der Waals surface area contributed by atoms with Crippen LogP contribution in [0.25, 0.3) is 0 Å². The molecule has 1 amide bonds. The monoisotopic (exact) mass is 264 g/mol. The molecule has 0 aromatic heterocycles. The van der Waals surface area contributed by atoms with Crippen molar-refractivity contribution in [3.8, 4) is 0 Å². The average molecular weight is 264 g/mol. The quantitative estimate of drug-likeness (QED) is 0.758. The summed E-state index contributed by atoms with van der Waals surface area (Å²) in [4.78, 5) is 11.4. The maximum Gasteiger partial charge on any atom is 0.251 e. The van der Waals surface area contributed by atoms with Crippen LogP contribution in [0.15, 0.2) is 24.3 Å². The summed E-state index contributed by atoms with van der Waals surface area (Å²) in [5, 5.41) is 16.0. The summed E-state index contributed by atoms with van der Waals surface area (Å²) in [6, 6.07) is 7.43. The Labute approximate surface area is 115 Å². The zero-order chi connectivity index (χ0) is 14.7. The summed E-state index contributed by atoms with van der Waals surface area (Å²) in [5.74, 6) is -0.0867. The molecule has 0 aliphatic rings. The Morgan fingerprint density at radius 3 is 2.11 bits per heavy atom. The lowest BCUT2D eigenvalue weighted by Crippen LogP contribution is -2.55. The highest BCUT2D eigenvalue weighted by molar-refractivity contribution is 5.93. The number of aliphatic hydroxyl groups is 1. The molecule has 4 nitrogen and oxygen atoms in total. The first kappa shape index (κ1) is 15.7. The minimum absolute atomic E-state index is 0.0867. The van der Waals surface area contributed by atoms with Crippen molar-refractivity contribution in [2.45, 2.75) is 45.4 Å². The van der Waals surface area contributed by atoms with Crippen LogP contribution in [0, 0.1) is 0 Å². The highest BCUT2D eigenvalue weighted by Crippen LogP contribution is 2.21. The molecule has 1 rings (SSSR count). The fourth-order valence-corrected chi connectivity index (χ4v) is 1.46. The number of nitrogens with one attached hydrogen (secondary N) is 2. The zero-order valence-electron chi connectivity index (χ0n) is 12.4. The molecule has 0 radical (unpaired) electrons. The number of hydrogen-bond donors (Lipinski definition) is 3. The highest BCUT2D eigenvalue weighted by Gasteiger charge is 2.34. The molecular formula is C15H24N2O2. The van der Waals surface area contributed by atoms with Gasteiger partial charge in [-0.15, -0.1) is 0 Å². The van der Waals surface area contributed by atoms with E-state index in [1.807, 2.05) is 26.0 Å². The van der Waals surface area contributed by atoms with Crippen molar-refractivity contribution in [2.24, 2.45) is 0 Å². The Balaban J connectivity index is 2.67. The van der Waals surface area contributed by atoms with Crippen LogP contribution in [0.1, 0.15) is 43.6 Å². The summed E-state index contributed by atoms with van der Waals surface area (Å²) in [6.45, 7) is 8.15. The van der Waals surface area contributed by atoms with Crippen molar-refractivity contribution >= 4 is 5.91 Å². The number of amides is 1. The summed E-state index contributed by atoms with van der Waals surface area (Å²) >= 11 is 0. The first-order chi connectivity index (χ1) is 8.67. The van der Waals surface area contributed by atoms with E-state index in [2.05, 4.69) is 10.6 Å². The third-order valence-corrected chi connectivity index (χ3v) is 3.71. The second-order valence-corrected chi connectivity index (χ2v) is 5.81. The van der Waals surface area contributed by atoms with Crippen LogP contribution in [0.2, 0.25) is 0 Å². The van der Waals surface area contributed by atoms with Gasteiger partial charge in [0.1, 0.15) is 0 Å². The first-order valence-corrected chi connectivity index (χ1v) is 6.46. The van der Waals surface area contributed by atoms with E-state index in [1.54, 1.807) is 33.0 Å². The van der Waals surface area contributed by atoms with E-state index in [9.17, 15) is 9.90 Å². The Morgan fingerprint density at radius 2 is 1.68 bits per heavy atom. The third kappa shape index (κ3) is 4.04. The van der Waals surface area contributed by atoms with Gasteiger partial charge < -0.3 is 15.7 Å². The van der Waals surface area contributed by atoms with Crippen LogP contribution in [0.3, 0.4) is 0 Å². The molecule has 0 atom stereocenters. The topological polar surface area (TPSA) is 61.4 Å². The number of benzene rings is 1. The predicted octanol–water partition coefficient (Wildman–Crippen LogP) is 1.69. The zero-order valence-corrected chi connectivity index (χ0v) is 12.4. The van der Waals surface area contributed by atoms with Crippen LogP contribution in [0.5, 0.6) is 0 Å². The summed E-state index contributed by atoms with van der Waals surface area (Å²) < 4.78 is 0. The van der Waals surface area contributed by atoms with Gasteiger partial charge in [0, 0.05) is 24.7 Å². The van der Waals surface area contributed by atoms with E-state index < -0.39 is 11.1 Å². The summed E-state index contributed by atoms with van der Waals surface area (Å²) in [7, 11) is 1.61. The molecule has 0 aliphatic heterocycles. The number of carbonyl (C=O) groups is 1. The normalized spacial score (nSPS) is 12.3. The van der Waals surface area contributed by atoms with Gasteiger partial charge >= 0.3 is 0 Å². The molecule has 0 aliphatic carbocycles. The van der Waals surface area contributed by atoms with Crippen molar-refractivity contribution in [3.63, 3.8) is 0 Å². The van der Waals surface area contributed by atoms with Crippen LogP contribution < -0.4 is 10.6 Å². The molecule has 0 heterocycles. The number of carbonyl (C=O) groups excluding carboxylic acids is 1. The molecule has 3 N–H and O–H groups in total. The van der Waals surface area contributed by atoms with Gasteiger partial charge in [0.15, 0.2) is 0 Å². The molecule has 1 aromatic rings. The molecule has 1 aromatic carbocycles. The molecular weight excluding hydrogens is 240 g/mol. The third-order valence-electron chi connectivity index (χ3n) is 3.71. The van der Waals surface area contributed by atoms with Gasteiger partial charge in [0.05, 0.1) is 5.60 Å². The Morgan fingerprint density at radius 1 is 1.16 bits per heavy atom. The highest BCUT2D eigenvalue weighted by atomic mass is 16.3. The van der Waals surface area contributed by atoms with Gasteiger partial charge in [0.2, 0.25) is 0 Å². The van der Waals surface area contributed by atoms with Crippen LogP contribution >= 0.6 is 0 Å². The number of rotatable bonds is 5. The van der Waals surface area contributed by atoms with Crippen LogP contribution in [-0.2, 0) is 6.54 Å². The smallest absolute Gasteiger partial charge is 0.251 e. The second-order valence-electron chi connectivity index (χ2n) is 5.81. The van der Waals surface area contributed by atoms with Crippen molar-refractivity contribution in [1.29, 1.82) is 0 Å². The van der Waals surface area contributed by atoms with E-state index in [0.29, 0.717) is 12.1 Å². The van der Waals surface area contributed by atoms with Crippen molar-refractivity contribution in [2.75, 3.05) is 7.05 Å².